The molecule has 41 heavy (non-hydrogen) atoms. The minimum Gasteiger partial charge on any atom is -0.299 e. The van der Waals surface area contributed by atoms with Crippen LogP contribution < -0.4 is 0 Å². The predicted octanol–water partition coefficient (Wildman–Crippen LogP) is 11.0. The van der Waals surface area contributed by atoms with Crippen LogP contribution in [0.25, 0.3) is 50.6 Å². The van der Waals surface area contributed by atoms with Crippen molar-refractivity contribution < 1.29 is 0 Å². The number of hydrogen-bond donors (Lipinski definition) is 1. The highest BCUT2D eigenvalue weighted by Crippen LogP contribution is 2.35. The van der Waals surface area contributed by atoms with Gasteiger partial charge in [0, 0.05) is 10.4 Å². The molecule has 1 aromatic heterocycles. The van der Waals surface area contributed by atoms with Gasteiger partial charge in [-0.15, -0.1) is 11.3 Å². The molecule has 6 aromatic rings. The van der Waals surface area contributed by atoms with Crippen molar-refractivity contribution in [3.8, 4) is 44.5 Å². The first-order valence-corrected chi connectivity index (χ1v) is 14.8. The summed E-state index contributed by atoms with van der Waals surface area (Å²) in [4.78, 5) is 2.14. The molecule has 0 bridgehead atoms. The number of aryl methyl sites for hydroxylation is 1. The molecule has 0 unspecified atom stereocenters. The van der Waals surface area contributed by atoms with E-state index in [-0.39, 0.29) is 0 Å². The number of benzene rings is 5. The summed E-state index contributed by atoms with van der Waals surface area (Å²) in [6.07, 6.45) is 2.77. The Morgan fingerprint density at radius 2 is 1.05 bits per heavy atom. The maximum Gasteiger partial charge on any atom is 0.0787 e. The van der Waals surface area contributed by atoms with Crippen LogP contribution in [0.1, 0.15) is 27.8 Å². The molecule has 0 fully saturated rings. The van der Waals surface area contributed by atoms with Crippen LogP contribution in [0.4, 0.5) is 0 Å². The van der Waals surface area contributed by atoms with E-state index in [1.807, 2.05) is 12.1 Å². The lowest BCUT2D eigenvalue weighted by molar-refractivity contribution is 1.15. The van der Waals surface area contributed by atoms with Crippen molar-refractivity contribution in [3.63, 3.8) is 0 Å². The van der Waals surface area contributed by atoms with E-state index >= 15 is 0 Å². The van der Waals surface area contributed by atoms with Crippen molar-refractivity contribution in [3.05, 3.63) is 161 Å². The Balaban J connectivity index is 1.40. The maximum absolute atomic E-state index is 9.03. The quantitative estimate of drug-likeness (QED) is 0.184. The van der Waals surface area contributed by atoms with Gasteiger partial charge < -0.3 is 0 Å². The summed E-state index contributed by atoms with van der Waals surface area (Å²) in [5.74, 6) is 0. The van der Waals surface area contributed by atoms with Crippen LogP contribution >= 0.6 is 11.3 Å². The summed E-state index contributed by atoms with van der Waals surface area (Å²) in [5.41, 5.74) is 12.1. The molecule has 2 heteroatoms. The minimum absolute atomic E-state index is 0.570. The summed E-state index contributed by atoms with van der Waals surface area (Å²) < 4.78 is 0. The predicted molar refractivity (Wildman–Crippen MR) is 178 cm³/mol. The van der Waals surface area contributed by atoms with E-state index in [2.05, 4.69) is 141 Å². The summed E-state index contributed by atoms with van der Waals surface area (Å²) in [7, 11) is 0. The van der Waals surface area contributed by atoms with Crippen LogP contribution in [-0.2, 0) is 6.42 Å². The zero-order valence-electron chi connectivity index (χ0n) is 23.1. The molecule has 0 saturated heterocycles. The number of hydrogen-bond acceptors (Lipinski definition) is 2. The Morgan fingerprint density at radius 3 is 1.61 bits per heavy atom. The lowest BCUT2D eigenvalue weighted by Crippen LogP contribution is -2.01. The van der Waals surface area contributed by atoms with Gasteiger partial charge in [0.2, 0.25) is 0 Å². The molecule has 0 radical (unpaired) electrons. The molecule has 0 aliphatic rings. The number of nitrogens with one attached hydrogen (secondary N) is 1. The van der Waals surface area contributed by atoms with Crippen molar-refractivity contribution >= 4 is 23.1 Å². The van der Waals surface area contributed by atoms with Crippen molar-refractivity contribution in [2.75, 3.05) is 0 Å². The highest BCUT2D eigenvalue weighted by atomic mass is 32.1. The third kappa shape index (κ3) is 5.61. The third-order valence-corrected chi connectivity index (χ3v) is 8.66. The second-order valence-electron chi connectivity index (χ2n) is 10.1. The first-order valence-electron chi connectivity index (χ1n) is 13.9. The van der Waals surface area contributed by atoms with Crippen LogP contribution in [0.15, 0.2) is 140 Å². The standard InChI is InChI=1S/C39H31NS/c1-3-27-26-37(4-2)41-39(27)38(40)33-20-12-18-31(22-33)30-17-11-19-32(21-30)36-24-34(28-13-7-5-8-14-28)23-35(25-36)29-15-9-6-10-16-29/h4-26,40H,2-3H2,1H3. The average Bonchev–Trinajstić information content (AvgIpc) is 3.49. The van der Waals surface area contributed by atoms with Gasteiger partial charge in [-0.05, 0) is 92.9 Å². The van der Waals surface area contributed by atoms with E-state index in [4.69, 9.17) is 5.41 Å². The molecule has 0 saturated carbocycles. The van der Waals surface area contributed by atoms with Crippen molar-refractivity contribution in [2.24, 2.45) is 0 Å². The highest BCUT2D eigenvalue weighted by molar-refractivity contribution is 7.15. The van der Waals surface area contributed by atoms with Crippen molar-refractivity contribution in [1.82, 2.24) is 0 Å². The van der Waals surface area contributed by atoms with Gasteiger partial charge in [0.15, 0.2) is 0 Å². The fourth-order valence-electron chi connectivity index (χ4n) is 5.28. The monoisotopic (exact) mass is 545 g/mol. The van der Waals surface area contributed by atoms with Gasteiger partial charge in [-0.1, -0.05) is 117 Å². The zero-order chi connectivity index (χ0) is 28.2. The molecule has 1 N–H and O–H groups in total. The highest BCUT2D eigenvalue weighted by Gasteiger charge is 2.14. The molecule has 6 rings (SSSR count). The molecule has 1 heterocycles. The summed E-state index contributed by atoms with van der Waals surface area (Å²) in [6, 6.07) is 47.3. The molecule has 198 valence electrons. The van der Waals surface area contributed by atoms with Gasteiger partial charge >= 0.3 is 0 Å². The normalized spacial score (nSPS) is 10.9. The van der Waals surface area contributed by atoms with Gasteiger partial charge in [0.25, 0.3) is 0 Å². The molecule has 1 nitrogen and oxygen atoms in total. The Hall–Kier alpha value is -4.79. The fourth-order valence-corrected chi connectivity index (χ4v) is 6.35. The van der Waals surface area contributed by atoms with Gasteiger partial charge in [-0.2, -0.15) is 0 Å². The smallest absolute Gasteiger partial charge is 0.0787 e. The van der Waals surface area contributed by atoms with E-state index < -0.39 is 0 Å². The molecular formula is C39H31NS. The largest absolute Gasteiger partial charge is 0.299 e. The third-order valence-electron chi connectivity index (χ3n) is 7.46. The Bertz CT molecular complexity index is 1790. The molecular weight excluding hydrogens is 515 g/mol. The SMILES string of the molecule is C=Cc1cc(CC)c(C(=N)c2cccc(-c3cccc(-c4cc(-c5ccccc5)cc(-c5ccccc5)c4)c3)c2)s1. The van der Waals surface area contributed by atoms with E-state index in [9.17, 15) is 0 Å². The van der Waals surface area contributed by atoms with Crippen molar-refractivity contribution in [1.29, 1.82) is 5.41 Å². The average molecular weight is 546 g/mol. The summed E-state index contributed by atoms with van der Waals surface area (Å²) >= 11 is 1.64. The van der Waals surface area contributed by atoms with Gasteiger partial charge in [0.05, 0.1) is 10.6 Å². The number of rotatable bonds is 8. The Labute approximate surface area is 246 Å². The topological polar surface area (TPSA) is 23.9 Å². The minimum atomic E-state index is 0.570. The van der Waals surface area contributed by atoms with Gasteiger partial charge in [-0.3, -0.25) is 5.41 Å². The zero-order valence-corrected chi connectivity index (χ0v) is 23.9. The maximum atomic E-state index is 9.03. The molecule has 5 aromatic carbocycles. The first kappa shape index (κ1) is 26.4. The van der Waals surface area contributed by atoms with Crippen LogP contribution in [0, 0.1) is 5.41 Å². The molecule has 0 aliphatic carbocycles. The van der Waals surface area contributed by atoms with Crippen LogP contribution in [0.5, 0.6) is 0 Å². The van der Waals surface area contributed by atoms with Gasteiger partial charge in [-0.25, -0.2) is 0 Å². The molecule has 0 spiro atoms. The van der Waals surface area contributed by atoms with Crippen LogP contribution in [-0.4, -0.2) is 5.71 Å². The molecule has 0 amide bonds. The lowest BCUT2D eigenvalue weighted by Gasteiger charge is -2.13. The van der Waals surface area contributed by atoms with Gasteiger partial charge in [0.1, 0.15) is 0 Å². The fraction of sp³-hybridized carbons (Fsp3) is 0.0513. The van der Waals surface area contributed by atoms with E-state index in [0.29, 0.717) is 5.71 Å². The van der Waals surface area contributed by atoms with E-state index in [1.165, 1.54) is 38.9 Å². The van der Waals surface area contributed by atoms with E-state index in [0.717, 1.165) is 32.9 Å². The number of thiophene rings is 1. The van der Waals surface area contributed by atoms with Crippen molar-refractivity contribution in [2.45, 2.75) is 13.3 Å². The first-order chi connectivity index (χ1) is 20.1. The van der Waals surface area contributed by atoms with Crippen LogP contribution in [0.2, 0.25) is 0 Å². The van der Waals surface area contributed by atoms with Crippen LogP contribution in [0.3, 0.4) is 0 Å². The molecule has 0 aliphatic heterocycles. The second kappa shape index (κ2) is 11.8. The lowest BCUT2D eigenvalue weighted by atomic mass is 9.92. The second-order valence-corrected chi connectivity index (χ2v) is 11.2. The Morgan fingerprint density at radius 1 is 0.585 bits per heavy atom. The summed E-state index contributed by atoms with van der Waals surface area (Å²) in [6.45, 7) is 6.07. The van der Waals surface area contributed by atoms with E-state index in [1.54, 1.807) is 11.3 Å². The molecule has 0 atom stereocenters. The summed E-state index contributed by atoms with van der Waals surface area (Å²) in [5, 5.41) is 9.03. The Kier molecular flexibility index (Phi) is 7.58.